The monoisotopic (exact) mass is 494 g/mol. The minimum absolute atomic E-state index is 0.0570. The van der Waals surface area contributed by atoms with Crippen molar-refractivity contribution in [3.8, 4) is 5.75 Å². The molecule has 0 aliphatic carbocycles. The van der Waals surface area contributed by atoms with Crippen molar-refractivity contribution in [3.63, 3.8) is 0 Å². The lowest BCUT2D eigenvalue weighted by atomic mass is 10.2. The summed E-state index contributed by atoms with van der Waals surface area (Å²) in [6.07, 6.45) is 0. The smallest absolute Gasteiger partial charge is 0.246 e. The van der Waals surface area contributed by atoms with Crippen molar-refractivity contribution in [1.29, 1.82) is 0 Å². The molecule has 1 aromatic heterocycles. The maximum Gasteiger partial charge on any atom is 0.246 e. The van der Waals surface area contributed by atoms with E-state index in [9.17, 15) is 13.2 Å². The molecule has 0 radical (unpaired) electrons. The summed E-state index contributed by atoms with van der Waals surface area (Å²) in [6.45, 7) is 3.45. The molecule has 0 aliphatic heterocycles. The molecule has 0 saturated carbocycles. The fraction of sp³-hybridized carbons (Fsp3) is 0.238. The molecule has 1 heterocycles. The minimum Gasteiger partial charge on any atom is -0.497 e. The van der Waals surface area contributed by atoms with Gasteiger partial charge in [0.25, 0.3) is 0 Å². The standard InChI is InChI=1S/C21H23ClN4O4S2/c1-4-31-21-19(32(28,29)16-9-7-15(30-3)8-10-16)20(23)26(25-21)12-18(27)24-17-11-14(22)6-5-13(17)2/h5-11H,4,12,23H2,1-3H3,(H,24,27). The van der Waals surface area contributed by atoms with Gasteiger partial charge in [-0.25, -0.2) is 13.1 Å². The highest BCUT2D eigenvalue weighted by Gasteiger charge is 2.30. The van der Waals surface area contributed by atoms with Gasteiger partial charge in [0.05, 0.1) is 12.0 Å². The zero-order valence-corrected chi connectivity index (χ0v) is 20.1. The second-order valence-corrected chi connectivity index (χ2v) is 10.4. The fourth-order valence-electron chi connectivity index (χ4n) is 2.97. The number of nitrogen functional groups attached to an aromatic ring is 1. The summed E-state index contributed by atoms with van der Waals surface area (Å²) in [4.78, 5) is 12.6. The van der Waals surface area contributed by atoms with Gasteiger partial charge in [-0.05, 0) is 54.6 Å². The molecular weight excluding hydrogens is 472 g/mol. The van der Waals surface area contributed by atoms with E-state index < -0.39 is 15.7 Å². The Hall–Kier alpha value is -2.69. The van der Waals surface area contributed by atoms with E-state index in [4.69, 9.17) is 22.1 Å². The summed E-state index contributed by atoms with van der Waals surface area (Å²) in [5.41, 5.74) is 7.58. The molecule has 0 spiro atoms. The number of nitrogens with two attached hydrogens (primary N) is 1. The Bertz CT molecular complexity index is 1240. The number of hydrogen-bond donors (Lipinski definition) is 2. The quantitative estimate of drug-likeness (QED) is 0.454. The number of hydrogen-bond acceptors (Lipinski definition) is 7. The van der Waals surface area contributed by atoms with Gasteiger partial charge in [0, 0.05) is 10.7 Å². The lowest BCUT2D eigenvalue weighted by Crippen LogP contribution is -2.21. The third-order valence-electron chi connectivity index (χ3n) is 4.60. The number of carbonyl (C=O) groups excluding carboxylic acids is 1. The number of thioether (sulfide) groups is 1. The van der Waals surface area contributed by atoms with Gasteiger partial charge in [-0.15, -0.1) is 11.8 Å². The Morgan fingerprint density at radius 1 is 1.25 bits per heavy atom. The Labute approximate surface area is 196 Å². The van der Waals surface area contributed by atoms with Crippen LogP contribution in [0.4, 0.5) is 11.5 Å². The molecular formula is C21H23ClN4O4S2. The van der Waals surface area contributed by atoms with Gasteiger partial charge in [-0.2, -0.15) is 5.10 Å². The van der Waals surface area contributed by atoms with Gasteiger partial charge >= 0.3 is 0 Å². The zero-order valence-electron chi connectivity index (χ0n) is 17.8. The van der Waals surface area contributed by atoms with Crippen LogP contribution in [0.5, 0.6) is 5.75 Å². The van der Waals surface area contributed by atoms with Gasteiger partial charge in [0.15, 0.2) is 0 Å². The summed E-state index contributed by atoms with van der Waals surface area (Å²) in [5, 5.41) is 7.80. The van der Waals surface area contributed by atoms with Crippen LogP contribution in [0.1, 0.15) is 12.5 Å². The van der Waals surface area contributed by atoms with Crippen molar-refractivity contribution < 1.29 is 17.9 Å². The number of sulfone groups is 1. The number of amides is 1. The van der Waals surface area contributed by atoms with Gasteiger partial charge in [-0.3, -0.25) is 4.79 Å². The van der Waals surface area contributed by atoms with Gasteiger partial charge in [0.2, 0.25) is 15.7 Å². The number of nitrogens with zero attached hydrogens (tertiary/aromatic N) is 2. The molecule has 0 bridgehead atoms. The van der Waals surface area contributed by atoms with E-state index in [1.165, 1.54) is 35.7 Å². The third kappa shape index (κ3) is 5.03. The number of benzene rings is 2. The first-order valence-corrected chi connectivity index (χ1v) is 12.5. The van der Waals surface area contributed by atoms with Crippen LogP contribution in [0.2, 0.25) is 5.02 Å². The molecule has 0 aliphatic rings. The van der Waals surface area contributed by atoms with E-state index in [1.807, 2.05) is 13.8 Å². The number of anilines is 2. The number of rotatable bonds is 8. The maximum atomic E-state index is 13.3. The van der Waals surface area contributed by atoms with Gasteiger partial charge in [-0.1, -0.05) is 24.6 Å². The number of nitrogens with one attached hydrogen (secondary N) is 1. The molecule has 0 atom stereocenters. The molecule has 0 unspecified atom stereocenters. The molecule has 2 aromatic carbocycles. The average molecular weight is 495 g/mol. The lowest BCUT2D eigenvalue weighted by molar-refractivity contribution is -0.116. The van der Waals surface area contributed by atoms with Gasteiger partial charge < -0.3 is 15.8 Å². The summed E-state index contributed by atoms with van der Waals surface area (Å²) in [5.74, 6) is 0.597. The largest absolute Gasteiger partial charge is 0.497 e. The van der Waals surface area contributed by atoms with Crippen molar-refractivity contribution in [2.24, 2.45) is 0 Å². The summed E-state index contributed by atoms with van der Waals surface area (Å²) < 4.78 is 32.9. The number of ether oxygens (including phenoxy) is 1. The topological polar surface area (TPSA) is 116 Å². The van der Waals surface area contributed by atoms with Crippen molar-refractivity contribution in [2.45, 2.75) is 35.2 Å². The molecule has 3 N–H and O–H groups in total. The van der Waals surface area contributed by atoms with Crippen molar-refractivity contribution in [2.75, 3.05) is 23.9 Å². The first kappa shape index (κ1) is 24.0. The van der Waals surface area contributed by atoms with E-state index in [2.05, 4.69) is 10.4 Å². The predicted octanol–water partition coefficient (Wildman–Crippen LogP) is 4.02. The van der Waals surface area contributed by atoms with Gasteiger partial charge in [0.1, 0.15) is 28.0 Å². The van der Waals surface area contributed by atoms with Crippen molar-refractivity contribution in [1.82, 2.24) is 9.78 Å². The SMILES string of the molecule is CCSc1nn(CC(=O)Nc2cc(Cl)ccc2C)c(N)c1S(=O)(=O)c1ccc(OC)cc1. The van der Waals surface area contributed by atoms with Crippen molar-refractivity contribution in [3.05, 3.63) is 53.1 Å². The first-order valence-electron chi connectivity index (χ1n) is 9.61. The molecule has 8 nitrogen and oxygen atoms in total. The highest BCUT2D eigenvalue weighted by atomic mass is 35.5. The summed E-state index contributed by atoms with van der Waals surface area (Å²) in [7, 11) is -2.47. The van der Waals surface area contributed by atoms with Crippen LogP contribution in [-0.4, -0.2) is 37.0 Å². The molecule has 0 fully saturated rings. The number of aromatic nitrogens is 2. The number of methoxy groups -OCH3 is 1. The third-order valence-corrected chi connectivity index (χ3v) is 7.65. The normalized spacial score (nSPS) is 11.4. The highest BCUT2D eigenvalue weighted by Crippen LogP contribution is 2.35. The first-order chi connectivity index (χ1) is 15.2. The van der Waals surface area contributed by atoms with Crippen LogP contribution in [0.25, 0.3) is 0 Å². The maximum absolute atomic E-state index is 13.3. The van der Waals surface area contributed by atoms with E-state index >= 15 is 0 Å². The number of carbonyl (C=O) groups is 1. The second kappa shape index (κ2) is 9.85. The molecule has 32 heavy (non-hydrogen) atoms. The number of aryl methyl sites for hydroxylation is 1. The molecule has 3 rings (SSSR count). The van der Waals surface area contributed by atoms with Crippen LogP contribution in [0, 0.1) is 6.92 Å². The Balaban J connectivity index is 1.94. The lowest BCUT2D eigenvalue weighted by Gasteiger charge is -2.10. The Morgan fingerprint density at radius 2 is 1.94 bits per heavy atom. The minimum atomic E-state index is -3.97. The van der Waals surface area contributed by atoms with Crippen molar-refractivity contribution >= 4 is 50.6 Å². The van der Waals surface area contributed by atoms with Crippen LogP contribution >= 0.6 is 23.4 Å². The van der Waals surface area contributed by atoms with Crippen LogP contribution in [0.15, 0.2) is 57.3 Å². The molecule has 170 valence electrons. The zero-order chi connectivity index (χ0) is 23.5. The predicted molar refractivity (Wildman–Crippen MR) is 126 cm³/mol. The van der Waals surface area contributed by atoms with Crippen LogP contribution < -0.4 is 15.8 Å². The van der Waals surface area contributed by atoms with E-state index in [0.717, 1.165) is 5.56 Å². The van der Waals surface area contributed by atoms with Crippen LogP contribution in [0.3, 0.4) is 0 Å². The van der Waals surface area contributed by atoms with E-state index in [-0.39, 0.29) is 27.2 Å². The van der Waals surface area contributed by atoms with E-state index in [1.54, 1.807) is 30.3 Å². The average Bonchev–Trinajstić information content (AvgIpc) is 3.06. The summed E-state index contributed by atoms with van der Waals surface area (Å²) in [6, 6.07) is 11.2. The van der Waals surface area contributed by atoms with Crippen LogP contribution in [-0.2, 0) is 21.2 Å². The van der Waals surface area contributed by atoms with E-state index in [0.29, 0.717) is 22.2 Å². The highest BCUT2D eigenvalue weighted by molar-refractivity contribution is 8.00. The molecule has 11 heteroatoms. The molecule has 0 saturated heterocycles. The molecule has 3 aromatic rings. The molecule has 1 amide bonds. The Kier molecular flexibility index (Phi) is 7.37. The fourth-order valence-corrected chi connectivity index (χ4v) is 5.69. The summed E-state index contributed by atoms with van der Waals surface area (Å²) >= 11 is 7.24. The Morgan fingerprint density at radius 3 is 2.56 bits per heavy atom. The second-order valence-electron chi connectivity index (χ2n) is 6.80. The number of halogens is 1.